The molecule has 0 unspecified atom stereocenters. The summed E-state index contributed by atoms with van der Waals surface area (Å²) < 4.78 is 5.58. The number of carbonyl (C=O) groups excluding carboxylic acids is 2. The molecule has 5 nitrogen and oxygen atoms in total. The molecule has 3 saturated heterocycles. The van der Waals surface area contributed by atoms with Crippen LogP contribution in [-0.2, 0) is 20.7 Å². The third kappa shape index (κ3) is 3.75. The van der Waals surface area contributed by atoms with Gasteiger partial charge in [-0.2, -0.15) is 0 Å². The third-order valence-corrected chi connectivity index (χ3v) is 6.68. The Kier molecular flexibility index (Phi) is 5.22. The predicted molar refractivity (Wildman–Crippen MR) is 103 cm³/mol. The van der Waals surface area contributed by atoms with Crippen LogP contribution in [0.15, 0.2) is 24.3 Å². The molecule has 4 rings (SSSR count). The van der Waals surface area contributed by atoms with Gasteiger partial charge in [0.15, 0.2) is 0 Å². The molecular formula is C22H30N2O3. The maximum absolute atomic E-state index is 13.2. The summed E-state index contributed by atoms with van der Waals surface area (Å²) in [5.41, 5.74) is 2.15. The van der Waals surface area contributed by atoms with Crippen LogP contribution in [0.1, 0.15) is 36.8 Å². The van der Waals surface area contributed by atoms with Gasteiger partial charge < -0.3 is 14.5 Å². The van der Waals surface area contributed by atoms with Crippen LogP contribution < -0.4 is 0 Å². The van der Waals surface area contributed by atoms with Crippen molar-refractivity contribution in [2.75, 3.05) is 39.4 Å². The Balaban J connectivity index is 1.50. The van der Waals surface area contributed by atoms with E-state index in [0.717, 1.165) is 44.3 Å². The number of rotatable bonds is 3. The molecule has 2 amide bonds. The van der Waals surface area contributed by atoms with Crippen LogP contribution in [0.3, 0.4) is 0 Å². The van der Waals surface area contributed by atoms with Crippen molar-refractivity contribution in [2.45, 2.75) is 39.0 Å². The van der Waals surface area contributed by atoms with Crippen LogP contribution in [0, 0.1) is 18.3 Å². The molecule has 0 aliphatic carbocycles. The molecule has 0 N–H and O–H groups in total. The van der Waals surface area contributed by atoms with Crippen molar-refractivity contribution in [3.05, 3.63) is 35.4 Å². The summed E-state index contributed by atoms with van der Waals surface area (Å²) in [7, 11) is 0. The number of ether oxygens (including phenoxy) is 1. The van der Waals surface area contributed by atoms with Gasteiger partial charge in [0, 0.05) is 44.8 Å². The molecule has 3 aliphatic heterocycles. The molecule has 0 saturated carbocycles. The van der Waals surface area contributed by atoms with Gasteiger partial charge in [0.1, 0.15) is 0 Å². The SMILES string of the molecule is Cc1ccc(CC(=O)N2C[C@@H](C(=O)N3CCCC3)C3(CCOCC3)C2)cc1. The van der Waals surface area contributed by atoms with E-state index in [4.69, 9.17) is 4.74 Å². The lowest BCUT2D eigenvalue weighted by molar-refractivity contribution is -0.139. The number of hydrogen-bond donors (Lipinski definition) is 0. The van der Waals surface area contributed by atoms with E-state index in [1.54, 1.807) is 0 Å². The topological polar surface area (TPSA) is 49.9 Å². The Morgan fingerprint density at radius 1 is 1.07 bits per heavy atom. The smallest absolute Gasteiger partial charge is 0.228 e. The highest BCUT2D eigenvalue weighted by atomic mass is 16.5. The quantitative estimate of drug-likeness (QED) is 0.821. The van der Waals surface area contributed by atoms with Crippen LogP contribution in [0.25, 0.3) is 0 Å². The Morgan fingerprint density at radius 3 is 2.41 bits per heavy atom. The molecule has 1 atom stereocenters. The second kappa shape index (κ2) is 7.63. The number of likely N-dealkylation sites (tertiary alicyclic amines) is 2. The average molecular weight is 370 g/mol. The summed E-state index contributed by atoms with van der Waals surface area (Å²) in [6.45, 7) is 6.47. The van der Waals surface area contributed by atoms with Crippen LogP contribution in [0.4, 0.5) is 0 Å². The summed E-state index contributed by atoms with van der Waals surface area (Å²) in [6, 6.07) is 8.15. The predicted octanol–water partition coefficient (Wildman–Crippen LogP) is 2.42. The molecule has 1 spiro atoms. The van der Waals surface area contributed by atoms with Crippen LogP contribution >= 0.6 is 0 Å². The molecule has 0 radical (unpaired) electrons. The first-order valence-corrected chi connectivity index (χ1v) is 10.3. The van der Waals surface area contributed by atoms with Gasteiger partial charge in [-0.15, -0.1) is 0 Å². The van der Waals surface area contributed by atoms with E-state index in [1.807, 2.05) is 34.1 Å². The van der Waals surface area contributed by atoms with Gasteiger partial charge in [-0.3, -0.25) is 9.59 Å². The van der Waals surface area contributed by atoms with Crippen molar-refractivity contribution in [3.63, 3.8) is 0 Å². The largest absolute Gasteiger partial charge is 0.381 e. The lowest BCUT2D eigenvalue weighted by Gasteiger charge is -2.38. The molecule has 3 heterocycles. The summed E-state index contributed by atoms with van der Waals surface area (Å²) in [5.74, 6) is 0.336. The second-order valence-electron chi connectivity index (χ2n) is 8.50. The third-order valence-electron chi connectivity index (χ3n) is 6.68. The number of nitrogens with zero attached hydrogens (tertiary/aromatic N) is 2. The van der Waals surface area contributed by atoms with Crippen molar-refractivity contribution in [1.29, 1.82) is 0 Å². The minimum absolute atomic E-state index is 0.0681. The van der Waals surface area contributed by atoms with Gasteiger partial charge in [-0.1, -0.05) is 29.8 Å². The summed E-state index contributed by atoms with van der Waals surface area (Å²) >= 11 is 0. The molecule has 3 aliphatic rings. The standard InChI is InChI=1S/C22H30N2O3/c1-17-4-6-18(7-5-17)14-20(25)24-15-19(21(26)23-10-2-3-11-23)22(16-24)8-12-27-13-9-22/h4-7,19H,2-3,8-16H2,1H3/t19-/m0/s1. The normalized spacial score (nSPS) is 24.6. The number of benzene rings is 1. The Bertz CT molecular complexity index is 688. The van der Waals surface area contributed by atoms with E-state index >= 15 is 0 Å². The van der Waals surface area contributed by atoms with Crippen molar-refractivity contribution in [1.82, 2.24) is 9.80 Å². The van der Waals surface area contributed by atoms with Gasteiger partial charge in [0.2, 0.25) is 11.8 Å². The highest BCUT2D eigenvalue weighted by molar-refractivity contribution is 5.84. The first kappa shape index (κ1) is 18.5. The first-order valence-electron chi connectivity index (χ1n) is 10.3. The molecule has 27 heavy (non-hydrogen) atoms. The highest BCUT2D eigenvalue weighted by Crippen LogP contribution is 2.45. The van der Waals surface area contributed by atoms with Crippen LogP contribution in [0.5, 0.6) is 0 Å². The Hall–Kier alpha value is -1.88. The molecule has 146 valence electrons. The zero-order valence-electron chi connectivity index (χ0n) is 16.3. The van der Waals surface area contributed by atoms with Gasteiger partial charge >= 0.3 is 0 Å². The molecule has 1 aromatic rings. The first-order chi connectivity index (χ1) is 13.1. The lowest BCUT2D eigenvalue weighted by atomic mass is 9.71. The van der Waals surface area contributed by atoms with E-state index in [-0.39, 0.29) is 23.1 Å². The fourth-order valence-corrected chi connectivity index (χ4v) is 4.93. The lowest BCUT2D eigenvalue weighted by Crippen LogP contribution is -2.45. The van der Waals surface area contributed by atoms with Gasteiger partial charge in [-0.05, 0) is 38.2 Å². The van der Waals surface area contributed by atoms with Crippen molar-refractivity contribution < 1.29 is 14.3 Å². The van der Waals surface area contributed by atoms with E-state index in [2.05, 4.69) is 6.92 Å². The van der Waals surface area contributed by atoms with Crippen molar-refractivity contribution in [3.8, 4) is 0 Å². The molecule has 0 bridgehead atoms. The van der Waals surface area contributed by atoms with E-state index in [1.165, 1.54) is 5.56 Å². The van der Waals surface area contributed by atoms with E-state index in [0.29, 0.717) is 32.7 Å². The summed E-state index contributed by atoms with van der Waals surface area (Å²) in [5, 5.41) is 0. The fourth-order valence-electron chi connectivity index (χ4n) is 4.93. The monoisotopic (exact) mass is 370 g/mol. The number of aryl methyl sites for hydroxylation is 1. The van der Waals surface area contributed by atoms with Gasteiger partial charge in [-0.25, -0.2) is 0 Å². The maximum Gasteiger partial charge on any atom is 0.228 e. The van der Waals surface area contributed by atoms with Crippen molar-refractivity contribution >= 4 is 11.8 Å². The minimum Gasteiger partial charge on any atom is -0.381 e. The Morgan fingerprint density at radius 2 is 1.74 bits per heavy atom. The molecular weight excluding hydrogens is 340 g/mol. The van der Waals surface area contributed by atoms with Gasteiger partial charge in [0.25, 0.3) is 0 Å². The zero-order chi connectivity index (χ0) is 18.9. The highest BCUT2D eigenvalue weighted by Gasteiger charge is 2.52. The van der Waals surface area contributed by atoms with Crippen molar-refractivity contribution in [2.24, 2.45) is 11.3 Å². The molecule has 3 fully saturated rings. The number of amides is 2. The van der Waals surface area contributed by atoms with E-state index in [9.17, 15) is 9.59 Å². The number of hydrogen-bond acceptors (Lipinski definition) is 3. The van der Waals surface area contributed by atoms with Crippen LogP contribution in [-0.4, -0.2) is 61.0 Å². The average Bonchev–Trinajstić information content (AvgIpc) is 3.33. The summed E-state index contributed by atoms with van der Waals surface area (Å²) in [4.78, 5) is 30.2. The molecule has 5 heteroatoms. The summed E-state index contributed by atoms with van der Waals surface area (Å²) in [6.07, 6.45) is 4.38. The van der Waals surface area contributed by atoms with Gasteiger partial charge in [0.05, 0.1) is 12.3 Å². The number of carbonyl (C=O) groups is 2. The maximum atomic E-state index is 13.2. The molecule has 0 aromatic heterocycles. The Labute approximate surface area is 161 Å². The second-order valence-corrected chi connectivity index (χ2v) is 8.50. The minimum atomic E-state index is -0.0964. The van der Waals surface area contributed by atoms with E-state index < -0.39 is 0 Å². The zero-order valence-corrected chi connectivity index (χ0v) is 16.3. The fraction of sp³-hybridized carbons (Fsp3) is 0.636. The van der Waals surface area contributed by atoms with Crippen LogP contribution in [0.2, 0.25) is 0 Å². The molecule has 1 aromatic carbocycles.